The van der Waals surface area contributed by atoms with Gasteiger partial charge in [0, 0.05) is 49.5 Å². The van der Waals surface area contributed by atoms with Crippen molar-refractivity contribution in [3.63, 3.8) is 0 Å². The zero-order chi connectivity index (χ0) is 28.3. The summed E-state index contributed by atoms with van der Waals surface area (Å²) in [6.07, 6.45) is 13.3. The van der Waals surface area contributed by atoms with Crippen LogP contribution in [0.15, 0.2) is 139 Å². The monoisotopic (exact) mass is 588 g/mol. The zero-order valence-electron chi connectivity index (χ0n) is 23.4. The van der Waals surface area contributed by atoms with Gasteiger partial charge in [-0.1, -0.05) is 91.0 Å². The lowest BCUT2D eigenvalue weighted by Crippen LogP contribution is -2.11. The van der Waals surface area contributed by atoms with Crippen LogP contribution in [0.5, 0.6) is 0 Å². The second kappa shape index (κ2) is 10.0. The molecule has 2 aliphatic heterocycles. The number of nitrogens with one attached hydrogen (secondary N) is 1. The van der Waals surface area contributed by atoms with Gasteiger partial charge in [-0.2, -0.15) is 0 Å². The minimum atomic E-state index is 0.456. The smallest absolute Gasteiger partial charge is 0.0640 e. The third kappa shape index (κ3) is 4.09. The minimum absolute atomic E-state index is 0.456. The van der Waals surface area contributed by atoms with Gasteiger partial charge in [0.2, 0.25) is 0 Å². The van der Waals surface area contributed by atoms with Gasteiger partial charge in [0.25, 0.3) is 0 Å². The van der Waals surface area contributed by atoms with Gasteiger partial charge in [0.05, 0.1) is 10.4 Å². The van der Waals surface area contributed by atoms with Crippen molar-refractivity contribution in [2.45, 2.75) is 22.6 Å². The molecule has 0 saturated heterocycles. The van der Waals surface area contributed by atoms with Crippen LogP contribution in [0.1, 0.15) is 22.6 Å². The average molecular weight is 589 g/mol. The van der Waals surface area contributed by atoms with Crippen LogP contribution in [0.25, 0.3) is 37.4 Å². The number of benzene rings is 5. The number of nitrogens with zero attached hydrogens (tertiary/aromatic N) is 1. The van der Waals surface area contributed by atoms with Crippen molar-refractivity contribution in [1.82, 2.24) is 5.32 Å². The zero-order valence-corrected chi connectivity index (χ0v) is 25.0. The molecule has 4 heteroatoms. The molecule has 3 heterocycles. The summed E-state index contributed by atoms with van der Waals surface area (Å²) in [6.45, 7) is 0.858. The molecule has 9 rings (SSSR count). The summed E-state index contributed by atoms with van der Waals surface area (Å²) in [5.74, 6) is 0.456. The summed E-state index contributed by atoms with van der Waals surface area (Å²) in [5.41, 5.74) is 10.2. The fourth-order valence-corrected chi connectivity index (χ4v) is 9.43. The molecule has 0 radical (unpaired) electrons. The Morgan fingerprint density at radius 1 is 0.744 bits per heavy atom. The number of hydrogen-bond donors (Lipinski definition) is 1. The molecule has 0 amide bonds. The number of hydrogen-bond acceptors (Lipinski definition) is 4. The molecule has 2 nitrogen and oxygen atoms in total. The maximum atomic E-state index is 3.44. The van der Waals surface area contributed by atoms with Crippen LogP contribution in [0, 0.1) is 0 Å². The number of thioether (sulfide) groups is 1. The lowest BCUT2D eigenvalue weighted by Gasteiger charge is -2.27. The quantitative estimate of drug-likeness (QED) is 0.221. The first kappa shape index (κ1) is 25.0. The fourth-order valence-electron chi connectivity index (χ4n) is 6.82. The predicted molar refractivity (Wildman–Crippen MR) is 186 cm³/mol. The van der Waals surface area contributed by atoms with E-state index in [2.05, 4.69) is 150 Å². The summed E-state index contributed by atoms with van der Waals surface area (Å²) < 4.78 is 2.66. The third-order valence-electron chi connectivity index (χ3n) is 8.88. The van der Waals surface area contributed by atoms with Gasteiger partial charge in [-0.3, -0.25) is 0 Å². The highest BCUT2D eigenvalue weighted by molar-refractivity contribution is 8.00. The molecule has 1 aliphatic carbocycles. The Balaban J connectivity index is 1.24. The van der Waals surface area contributed by atoms with E-state index in [1.807, 2.05) is 23.1 Å². The topological polar surface area (TPSA) is 15.3 Å². The van der Waals surface area contributed by atoms with Crippen LogP contribution < -0.4 is 10.2 Å². The van der Waals surface area contributed by atoms with Crippen molar-refractivity contribution in [3.8, 4) is 11.1 Å². The van der Waals surface area contributed by atoms with Gasteiger partial charge in [0.15, 0.2) is 0 Å². The van der Waals surface area contributed by atoms with E-state index in [-0.39, 0.29) is 0 Å². The normalized spacial score (nSPS) is 18.0. The summed E-state index contributed by atoms with van der Waals surface area (Å²) >= 11 is 3.89. The lowest BCUT2D eigenvalue weighted by atomic mass is 9.92. The van der Waals surface area contributed by atoms with E-state index in [9.17, 15) is 0 Å². The second-order valence-electron chi connectivity index (χ2n) is 11.3. The number of thiophene rings is 1. The van der Waals surface area contributed by atoms with Crippen LogP contribution in [0.3, 0.4) is 0 Å². The number of rotatable bonds is 4. The molecular formula is C39H28N2S2. The van der Waals surface area contributed by atoms with Crippen molar-refractivity contribution in [2.24, 2.45) is 0 Å². The Labute approximate surface area is 259 Å². The summed E-state index contributed by atoms with van der Waals surface area (Å²) in [7, 11) is 0. The molecule has 2 atom stereocenters. The molecule has 5 aromatic carbocycles. The van der Waals surface area contributed by atoms with Crippen molar-refractivity contribution in [3.05, 3.63) is 150 Å². The number of fused-ring (bicyclic) bond motifs is 8. The van der Waals surface area contributed by atoms with Crippen LogP contribution in [0.2, 0.25) is 0 Å². The SMILES string of the molecule is C1=CC2Sc3cc(N(c4ccc(-c5ccccc5)cc4)c4cccc5c4sc4ccc6c(c45)CNC=C6)ccc3C2C=C1. The third-order valence-corrected chi connectivity index (χ3v) is 11.4. The standard InChI is InChI=1S/C39H28N2S2/c1-2-7-25(8-3-1)26-13-16-28(17-14-26)41(29-18-19-31-30-9-4-5-12-35(30)42-37(31)23-29)34-11-6-10-32-38-33-24-40-22-21-27(33)15-20-36(38)43-39(32)34/h1-23,30,35,40H,24H2. The van der Waals surface area contributed by atoms with E-state index in [1.165, 1.54) is 64.3 Å². The fraction of sp³-hybridized carbons (Fsp3) is 0.0769. The number of allylic oxidation sites excluding steroid dienone is 3. The molecule has 0 bridgehead atoms. The predicted octanol–water partition coefficient (Wildman–Crippen LogP) is 10.9. The summed E-state index contributed by atoms with van der Waals surface area (Å²) in [5, 5.41) is 6.63. The van der Waals surface area contributed by atoms with Gasteiger partial charge in [0.1, 0.15) is 0 Å². The summed E-state index contributed by atoms with van der Waals surface area (Å²) in [6, 6.07) is 38.2. The first-order chi connectivity index (χ1) is 21.3. The average Bonchev–Trinajstić information content (AvgIpc) is 3.64. The van der Waals surface area contributed by atoms with Gasteiger partial charge in [-0.05, 0) is 76.5 Å². The second-order valence-corrected chi connectivity index (χ2v) is 13.6. The van der Waals surface area contributed by atoms with Gasteiger partial charge in [-0.25, -0.2) is 0 Å². The van der Waals surface area contributed by atoms with E-state index in [0.717, 1.165) is 12.2 Å². The van der Waals surface area contributed by atoms with E-state index in [0.29, 0.717) is 11.2 Å². The molecule has 6 aromatic rings. The molecule has 206 valence electrons. The molecule has 1 aromatic heterocycles. The Hall–Kier alpha value is -4.51. The lowest BCUT2D eigenvalue weighted by molar-refractivity contribution is 0.867. The van der Waals surface area contributed by atoms with E-state index in [1.54, 1.807) is 0 Å². The van der Waals surface area contributed by atoms with Gasteiger partial charge >= 0.3 is 0 Å². The molecule has 3 aliphatic rings. The molecule has 43 heavy (non-hydrogen) atoms. The summed E-state index contributed by atoms with van der Waals surface area (Å²) in [4.78, 5) is 3.84. The van der Waals surface area contributed by atoms with Crippen molar-refractivity contribution >= 4 is 66.4 Å². The van der Waals surface area contributed by atoms with Crippen molar-refractivity contribution in [2.75, 3.05) is 4.90 Å². The maximum Gasteiger partial charge on any atom is 0.0640 e. The molecule has 0 saturated carbocycles. The van der Waals surface area contributed by atoms with Crippen LogP contribution >= 0.6 is 23.1 Å². The first-order valence-electron chi connectivity index (χ1n) is 14.8. The van der Waals surface area contributed by atoms with E-state index < -0.39 is 0 Å². The highest BCUT2D eigenvalue weighted by Gasteiger charge is 2.32. The highest BCUT2D eigenvalue weighted by atomic mass is 32.2. The van der Waals surface area contributed by atoms with Crippen LogP contribution in [0.4, 0.5) is 17.1 Å². The molecule has 2 unspecified atom stereocenters. The van der Waals surface area contributed by atoms with Crippen molar-refractivity contribution < 1.29 is 0 Å². The minimum Gasteiger partial charge on any atom is -0.387 e. The van der Waals surface area contributed by atoms with Gasteiger partial charge in [-0.15, -0.1) is 23.1 Å². The Bertz CT molecular complexity index is 2120. The highest BCUT2D eigenvalue weighted by Crippen LogP contribution is 2.51. The van der Waals surface area contributed by atoms with Gasteiger partial charge < -0.3 is 10.2 Å². The van der Waals surface area contributed by atoms with E-state index >= 15 is 0 Å². The molecular weight excluding hydrogens is 561 g/mol. The first-order valence-corrected chi connectivity index (χ1v) is 16.5. The maximum absolute atomic E-state index is 3.44. The van der Waals surface area contributed by atoms with Crippen LogP contribution in [-0.2, 0) is 6.54 Å². The molecule has 0 fully saturated rings. The van der Waals surface area contributed by atoms with Crippen LogP contribution in [-0.4, -0.2) is 5.25 Å². The Morgan fingerprint density at radius 3 is 2.49 bits per heavy atom. The van der Waals surface area contributed by atoms with Crippen molar-refractivity contribution in [1.29, 1.82) is 0 Å². The Morgan fingerprint density at radius 2 is 1.58 bits per heavy atom. The number of anilines is 3. The van der Waals surface area contributed by atoms with E-state index in [4.69, 9.17) is 0 Å². The Kier molecular flexibility index (Phi) is 5.85. The molecule has 0 spiro atoms. The molecule has 1 N–H and O–H groups in total. The largest absolute Gasteiger partial charge is 0.387 e.